The van der Waals surface area contributed by atoms with E-state index in [1.54, 1.807) is 0 Å². The number of nitrogens with two attached hydrogens (primary N) is 1. The molecule has 1 heterocycles. The number of piperidine rings is 1. The number of hydrogen-bond donors (Lipinski definition) is 2. The minimum Gasteiger partial charge on any atom is -0.327 e. The topological polar surface area (TPSA) is 38.0 Å². The van der Waals surface area contributed by atoms with Crippen LogP contribution in [0.3, 0.4) is 0 Å². The van der Waals surface area contributed by atoms with E-state index in [2.05, 4.69) is 5.32 Å². The molecule has 1 saturated carbocycles. The van der Waals surface area contributed by atoms with Crippen LogP contribution in [-0.4, -0.2) is 19.1 Å². The summed E-state index contributed by atoms with van der Waals surface area (Å²) >= 11 is 0. The molecule has 2 atom stereocenters. The highest BCUT2D eigenvalue weighted by atomic mass is 35.5. The summed E-state index contributed by atoms with van der Waals surface area (Å²) in [5.74, 6) is 1.77. The fraction of sp³-hybridized carbons (Fsp3) is 1.00. The van der Waals surface area contributed by atoms with E-state index in [0.717, 1.165) is 18.4 Å². The Bertz CT molecular complexity index is 128. The molecule has 0 radical (unpaired) electrons. The van der Waals surface area contributed by atoms with Crippen LogP contribution in [0.1, 0.15) is 19.3 Å². The molecule has 2 fully saturated rings. The average Bonchev–Trinajstić information content (AvgIpc) is 2.71. The average molecular weight is 213 g/mol. The third kappa shape index (κ3) is 2.77. The van der Waals surface area contributed by atoms with E-state index >= 15 is 0 Å². The van der Waals surface area contributed by atoms with E-state index < -0.39 is 0 Å². The lowest BCUT2D eigenvalue weighted by Gasteiger charge is -2.29. The van der Waals surface area contributed by atoms with Gasteiger partial charge >= 0.3 is 0 Å². The van der Waals surface area contributed by atoms with Gasteiger partial charge in [0, 0.05) is 6.04 Å². The van der Waals surface area contributed by atoms with Crippen molar-refractivity contribution in [2.24, 2.45) is 17.6 Å². The lowest BCUT2D eigenvalue weighted by Crippen LogP contribution is -2.45. The summed E-state index contributed by atoms with van der Waals surface area (Å²) in [6.07, 6.45) is 4.04. The van der Waals surface area contributed by atoms with Crippen molar-refractivity contribution < 1.29 is 0 Å². The molecular weight excluding hydrogens is 195 g/mol. The fourth-order valence-electron chi connectivity index (χ4n) is 1.94. The molecule has 0 bridgehead atoms. The van der Waals surface area contributed by atoms with Crippen LogP contribution in [0.5, 0.6) is 0 Å². The van der Waals surface area contributed by atoms with Crippen molar-refractivity contribution in [1.82, 2.24) is 5.32 Å². The molecule has 1 aliphatic heterocycles. The van der Waals surface area contributed by atoms with Crippen LogP contribution < -0.4 is 11.1 Å². The summed E-state index contributed by atoms with van der Waals surface area (Å²) in [6, 6.07) is 0.494. The van der Waals surface area contributed by atoms with Gasteiger partial charge in [-0.25, -0.2) is 0 Å². The molecule has 1 saturated heterocycles. The molecule has 12 heavy (non-hydrogen) atoms. The van der Waals surface area contributed by atoms with Crippen LogP contribution in [0.25, 0.3) is 0 Å². The highest BCUT2D eigenvalue weighted by Gasteiger charge is 2.35. The first kappa shape index (κ1) is 12.5. The maximum absolute atomic E-state index is 5.98. The highest BCUT2D eigenvalue weighted by Crippen LogP contribution is 2.39. The van der Waals surface area contributed by atoms with Crippen LogP contribution in [0.2, 0.25) is 0 Å². The highest BCUT2D eigenvalue weighted by molar-refractivity contribution is 5.85. The van der Waals surface area contributed by atoms with Gasteiger partial charge in [-0.05, 0) is 44.2 Å². The summed E-state index contributed by atoms with van der Waals surface area (Å²) in [7, 11) is 0. The summed E-state index contributed by atoms with van der Waals surface area (Å²) in [5.41, 5.74) is 5.98. The number of nitrogens with one attached hydrogen (secondary N) is 1. The molecule has 4 heteroatoms. The third-order valence-corrected chi connectivity index (χ3v) is 2.81. The molecule has 0 aromatic rings. The minimum absolute atomic E-state index is 0. The second-order valence-corrected chi connectivity index (χ2v) is 3.66. The first-order valence-electron chi connectivity index (χ1n) is 4.34. The number of halogens is 2. The van der Waals surface area contributed by atoms with E-state index in [9.17, 15) is 0 Å². The molecule has 2 nitrogen and oxygen atoms in total. The zero-order valence-corrected chi connectivity index (χ0v) is 8.79. The Kier molecular flexibility index (Phi) is 5.50. The van der Waals surface area contributed by atoms with Crippen molar-refractivity contribution >= 4 is 24.8 Å². The first-order chi connectivity index (χ1) is 4.88. The molecule has 3 N–H and O–H groups in total. The largest absolute Gasteiger partial charge is 0.327 e. The second kappa shape index (κ2) is 5.28. The lowest BCUT2D eigenvalue weighted by atomic mass is 9.90. The number of rotatable bonds is 1. The van der Waals surface area contributed by atoms with Crippen molar-refractivity contribution in [1.29, 1.82) is 0 Å². The normalized spacial score (nSPS) is 34.8. The third-order valence-electron chi connectivity index (χ3n) is 2.81. The molecule has 74 valence electrons. The van der Waals surface area contributed by atoms with Gasteiger partial charge in [0.25, 0.3) is 0 Å². The Morgan fingerprint density at radius 1 is 1.08 bits per heavy atom. The molecule has 0 aromatic heterocycles. The smallest absolute Gasteiger partial charge is 0.00940 e. The van der Waals surface area contributed by atoms with Crippen LogP contribution in [0, 0.1) is 11.8 Å². The van der Waals surface area contributed by atoms with Gasteiger partial charge in [0.2, 0.25) is 0 Å². The van der Waals surface area contributed by atoms with Gasteiger partial charge in [-0.3, -0.25) is 0 Å². The molecule has 2 aliphatic rings. The van der Waals surface area contributed by atoms with E-state index in [1.807, 2.05) is 0 Å². The molecular formula is C8H18Cl2N2. The quantitative estimate of drug-likeness (QED) is 0.686. The molecule has 0 amide bonds. The zero-order valence-electron chi connectivity index (χ0n) is 7.16. The van der Waals surface area contributed by atoms with Gasteiger partial charge in [0.05, 0.1) is 0 Å². The molecule has 1 aliphatic carbocycles. The predicted octanol–water partition coefficient (Wildman–Crippen LogP) is 1.18. The van der Waals surface area contributed by atoms with Crippen LogP contribution in [0.15, 0.2) is 0 Å². The van der Waals surface area contributed by atoms with E-state index in [-0.39, 0.29) is 24.8 Å². The predicted molar refractivity (Wildman–Crippen MR) is 56.2 cm³/mol. The standard InChI is InChI=1S/C8H16N2.2ClH/c9-8-3-4-10-5-7(8)6-1-2-6;;/h6-8,10H,1-5,9H2;2*1H/t7-,8+;;/m1../s1. The van der Waals surface area contributed by atoms with E-state index in [4.69, 9.17) is 5.73 Å². The summed E-state index contributed by atoms with van der Waals surface area (Å²) in [6.45, 7) is 2.30. The van der Waals surface area contributed by atoms with Gasteiger partial charge < -0.3 is 11.1 Å². The molecule has 0 spiro atoms. The van der Waals surface area contributed by atoms with Crippen LogP contribution in [0.4, 0.5) is 0 Å². The van der Waals surface area contributed by atoms with Crippen LogP contribution in [-0.2, 0) is 0 Å². The second-order valence-electron chi connectivity index (χ2n) is 3.66. The number of hydrogen-bond acceptors (Lipinski definition) is 2. The Balaban J connectivity index is 0.000000605. The first-order valence-corrected chi connectivity index (χ1v) is 4.34. The fourth-order valence-corrected chi connectivity index (χ4v) is 1.94. The van der Waals surface area contributed by atoms with Crippen molar-refractivity contribution in [3.63, 3.8) is 0 Å². The Labute approximate surface area is 86.5 Å². The molecule has 0 aromatic carbocycles. The maximum Gasteiger partial charge on any atom is 0.00940 e. The van der Waals surface area contributed by atoms with Crippen molar-refractivity contribution in [2.75, 3.05) is 13.1 Å². The Morgan fingerprint density at radius 3 is 2.25 bits per heavy atom. The van der Waals surface area contributed by atoms with Gasteiger partial charge in [0.15, 0.2) is 0 Å². The summed E-state index contributed by atoms with van der Waals surface area (Å²) in [4.78, 5) is 0. The van der Waals surface area contributed by atoms with Gasteiger partial charge in [-0.15, -0.1) is 24.8 Å². The van der Waals surface area contributed by atoms with Gasteiger partial charge in [-0.2, -0.15) is 0 Å². The van der Waals surface area contributed by atoms with Crippen molar-refractivity contribution in [3.05, 3.63) is 0 Å². The van der Waals surface area contributed by atoms with Crippen molar-refractivity contribution in [2.45, 2.75) is 25.3 Å². The van der Waals surface area contributed by atoms with Crippen LogP contribution >= 0.6 is 24.8 Å². The lowest BCUT2D eigenvalue weighted by molar-refractivity contribution is 0.294. The minimum atomic E-state index is 0. The Morgan fingerprint density at radius 2 is 1.75 bits per heavy atom. The van der Waals surface area contributed by atoms with E-state index in [0.29, 0.717) is 6.04 Å². The monoisotopic (exact) mass is 212 g/mol. The maximum atomic E-state index is 5.98. The van der Waals surface area contributed by atoms with Gasteiger partial charge in [0.1, 0.15) is 0 Å². The van der Waals surface area contributed by atoms with Gasteiger partial charge in [-0.1, -0.05) is 0 Å². The molecule has 0 unspecified atom stereocenters. The summed E-state index contributed by atoms with van der Waals surface area (Å²) < 4.78 is 0. The van der Waals surface area contributed by atoms with E-state index in [1.165, 1.54) is 25.8 Å². The zero-order chi connectivity index (χ0) is 6.97. The SMILES string of the molecule is Cl.Cl.N[C@H]1CCNC[C@@H]1C1CC1. The Hall–Kier alpha value is 0.500. The summed E-state index contributed by atoms with van der Waals surface area (Å²) in [5, 5.41) is 3.41. The van der Waals surface area contributed by atoms with Crippen molar-refractivity contribution in [3.8, 4) is 0 Å². The molecule has 2 rings (SSSR count).